The molecular weight excluding hydrogens is 176 g/mol. The van der Waals surface area contributed by atoms with Gasteiger partial charge in [0, 0.05) is 11.1 Å². The van der Waals surface area contributed by atoms with Gasteiger partial charge in [-0.1, -0.05) is 0 Å². The molecule has 1 aromatic rings. The quantitative estimate of drug-likeness (QED) is 0.604. The summed E-state index contributed by atoms with van der Waals surface area (Å²) in [5.41, 5.74) is 0.628. The van der Waals surface area contributed by atoms with Crippen molar-refractivity contribution in [3.8, 4) is 0 Å². The first-order valence-electron chi connectivity index (χ1n) is 3.30. The topological polar surface area (TPSA) is 62.2 Å². The van der Waals surface area contributed by atoms with Crippen molar-refractivity contribution < 1.29 is 9.90 Å². The lowest BCUT2D eigenvalue weighted by molar-refractivity contribution is 0.193. The molecule has 4 nitrogen and oxygen atoms in total. The summed E-state index contributed by atoms with van der Waals surface area (Å²) in [6.45, 7) is 0.189. The van der Waals surface area contributed by atoms with Crippen LogP contribution in [0.4, 0.5) is 4.79 Å². The first-order valence-corrected chi connectivity index (χ1v) is 3.74. The monoisotopic (exact) mass is 184 g/mol. The van der Waals surface area contributed by atoms with Gasteiger partial charge in [0.15, 0.2) is 0 Å². The zero-order valence-electron chi connectivity index (χ0n) is 6.19. The Hall–Kier alpha value is -1.23. The Morgan fingerprint density at radius 1 is 1.75 bits per heavy atom. The molecule has 2 N–H and O–H groups in total. The molecule has 0 fully saturated rings. The highest BCUT2D eigenvalue weighted by Crippen LogP contribution is 2.08. The van der Waals surface area contributed by atoms with Crippen LogP contribution in [0.15, 0.2) is 23.2 Å². The molecule has 0 spiro atoms. The molecule has 1 heterocycles. The van der Waals surface area contributed by atoms with Crippen LogP contribution < -0.4 is 5.32 Å². The number of carbonyl (C=O) groups is 1. The van der Waals surface area contributed by atoms with Crippen LogP contribution in [-0.4, -0.2) is 16.2 Å². The number of rotatable bonds is 2. The fourth-order valence-corrected chi connectivity index (χ4v) is 0.948. The molecule has 0 aliphatic carbocycles. The number of nitrogens with zero attached hydrogens (tertiary/aromatic N) is 1. The second kappa shape index (κ2) is 3.96. The second-order valence-electron chi connectivity index (χ2n) is 2.13. The predicted octanol–water partition coefficient (Wildman–Crippen LogP) is 1.14. The average Bonchev–Trinajstić information content (AvgIpc) is 2.03. The average molecular weight is 184 g/mol. The van der Waals surface area contributed by atoms with Gasteiger partial charge in [0.1, 0.15) is 0 Å². The third-order valence-corrected chi connectivity index (χ3v) is 1.68. The van der Waals surface area contributed by atoms with Gasteiger partial charge in [0.25, 0.3) is 0 Å². The minimum absolute atomic E-state index is 0.189. The lowest BCUT2D eigenvalue weighted by Crippen LogP contribution is -2.20. The molecule has 0 aromatic carbocycles. The van der Waals surface area contributed by atoms with Crippen molar-refractivity contribution in [1.29, 1.82) is 0 Å². The fourth-order valence-electron chi connectivity index (χ4n) is 0.725. The summed E-state index contributed by atoms with van der Waals surface area (Å²) in [4.78, 5) is 14.8. The third kappa shape index (κ3) is 2.43. The van der Waals surface area contributed by atoms with Crippen molar-refractivity contribution in [2.45, 2.75) is 11.4 Å². The minimum atomic E-state index is -1.06. The molecule has 1 aromatic heterocycles. The number of thiol groups is 1. The van der Waals surface area contributed by atoms with Gasteiger partial charge in [-0.2, -0.15) is 0 Å². The minimum Gasteiger partial charge on any atom is -0.465 e. The van der Waals surface area contributed by atoms with E-state index in [1.54, 1.807) is 18.3 Å². The van der Waals surface area contributed by atoms with E-state index in [2.05, 4.69) is 22.9 Å². The van der Waals surface area contributed by atoms with Crippen LogP contribution in [0.25, 0.3) is 0 Å². The van der Waals surface area contributed by atoms with Crippen molar-refractivity contribution in [2.75, 3.05) is 0 Å². The summed E-state index contributed by atoms with van der Waals surface area (Å²) >= 11 is 4.10. The smallest absolute Gasteiger partial charge is 0.404 e. The van der Waals surface area contributed by atoms with Gasteiger partial charge in [-0.15, -0.1) is 12.6 Å². The van der Waals surface area contributed by atoms with Crippen LogP contribution in [0, 0.1) is 0 Å². The van der Waals surface area contributed by atoms with Crippen molar-refractivity contribution in [3.05, 3.63) is 24.0 Å². The van der Waals surface area contributed by atoms with Crippen molar-refractivity contribution >= 4 is 18.7 Å². The Bertz CT molecular complexity index is 290. The molecular formula is C7H8N2O2S. The Balaban J connectivity index is 2.63. The molecule has 1 amide bonds. The number of nitrogens with one attached hydrogen (secondary N) is 1. The normalized spacial score (nSPS) is 9.42. The molecule has 0 bridgehead atoms. The summed E-state index contributed by atoms with van der Waals surface area (Å²) in [5.74, 6) is 0. The van der Waals surface area contributed by atoms with Crippen LogP contribution in [-0.2, 0) is 6.54 Å². The highest BCUT2D eigenvalue weighted by molar-refractivity contribution is 7.80. The summed E-state index contributed by atoms with van der Waals surface area (Å²) in [6, 6.07) is 3.50. The molecule has 0 saturated heterocycles. The van der Waals surface area contributed by atoms with E-state index in [0.717, 1.165) is 0 Å². The van der Waals surface area contributed by atoms with E-state index >= 15 is 0 Å². The summed E-state index contributed by atoms with van der Waals surface area (Å²) in [7, 11) is 0. The van der Waals surface area contributed by atoms with Crippen LogP contribution in [0.2, 0.25) is 0 Å². The molecule has 0 aliphatic rings. The maximum atomic E-state index is 10.1. The van der Waals surface area contributed by atoms with Crippen LogP contribution in [0.5, 0.6) is 0 Å². The Morgan fingerprint density at radius 3 is 3.08 bits per heavy atom. The van der Waals surface area contributed by atoms with E-state index in [-0.39, 0.29) is 6.54 Å². The van der Waals surface area contributed by atoms with Crippen molar-refractivity contribution in [1.82, 2.24) is 10.3 Å². The van der Waals surface area contributed by atoms with Gasteiger partial charge >= 0.3 is 6.09 Å². The van der Waals surface area contributed by atoms with Gasteiger partial charge in [0.05, 0.1) is 12.2 Å². The maximum absolute atomic E-state index is 10.1. The number of aromatic nitrogens is 1. The third-order valence-electron chi connectivity index (χ3n) is 1.27. The fraction of sp³-hybridized carbons (Fsp3) is 0.143. The Kier molecular flexibility index (Phi) is 2.93. The lowest BCUT2D eigenvalue weighted by atomic mass is 10.3. The Labute approximate surface area is 75.0 Å². The molecule has 5 heteroatoms. The van der Waals surface area contributed by atoms with Crippen LogP contribution in [0.1, 0.15) is 5.69 Å². The van der Waals surface area contributed by atoms with Gasteiger partial charge in [-0.25, -0.2) is 4.79 Å². The number of hydrogen-bond acceptors (Lipinski definition) is 3. The number of amides is 1. The van der Waals surface area contributed by atoms with Gasteiger partial charge in [0.2, 0.25) is 0 Å². The SMILES string of the molecule is O=C(O)NCc1ncccc1S. The van der Waals surface area contributed by atoms with E-state index in [9.17, 15) is 4.79 Å². The van der Waals surface area contributed by atoms with E-state index in [0.29, 0.717) is 10.6 Å². The molecule has 64 valence electrons. The largest absolute Gasteiger partial charge is 0.465 e. The summed E-state index contributed by atoms with van der Waals surface area (Å²) < 4.78 is 0. The molecule has 0 atom stereocenters. The molecule has 0 unspecified atom stereocenters. The first kappa shape index (κ1) is 8.86. The van der Waals surface area contributed by atoms with E-state index in [1.807, 2.05) is 0 Å². The van der Waals surface area contributed by atoms with E-state index in [1.165, 1.54) is 0 Å². The van der Waals surface area contributed by atoms with Gasteiger partial charge in [-0.05, 0) is 12.1 Å². The molecule has 12 heavy (non-hydrogen) atoms. The lowest BCUT2D eigenvalue weighted by Gasteiger charge is -2.02. The van der Waals surface area contributed by atoms with Gasteiger partial charge in [-0.3, -0.25) is 4.98 Å². The summed E-state index contributed by atoms with van der Waals surface area (Å²) in [5, 5.41) is 10.5. The predicted molar refractivity (Wildman–Crippen MR) is 46.4 cm³/mol. The van der Waals surface area contributed by atoms with E-state index in [4.69, 9.17) is 5.11 Å². The maximum Gasteiger partial charge on any atom is 0.404 e. The highest BCUT2D eigenvalue weighted by Gasteiger charge is 2.00. The molecule has 0 radical (unpaired) electrons. The first-order chi connectivity index (χ1) is 5.70. The van der Waals surface area contributed by atoms with Crippen molar-refractivity contribution in [2.24, 2.45) is 0 Å². The highest BCUT2D eigenvalue weighted by atomic mass is 32.1. The standard InChI is InChI=1S/C7H8N2O2S/c10-7(11)9-4-5-6(12)2-1-3-8-5/h1-3,9,12H,4H2,(H,10,11). The van der Waals surface area contributed by atoms with E-state index < -0.39 is 6.09 Å². The van der Waals surface area contributed by atoms with Crippen molar-refractivity contribution in [3.63, 3.8) is 0 Å². The molecule has 1 rings (SSSR count). The molecule has 0 saturated carbocycles. The van der Waals surface area contributed by atoms with Gasteiger partial charge < -0.3 is 10.4 Å². The number of carboxylic acid groups (broad SMARTS) is 1. The Morgan fingerprint density at radius 2 is 2.50 bits per heavy atom. The number of pyridine rings is 1. The van der Waals surface area contributed by atoms with Crippen LogP contribution in [0.3, 0.4) is 0 Å². The second-order valence-corrected chi connectivity index (χ2v) is 2.61. The summed E-state index contributed by atoms with van der Waals surface area (Å²) in [6.07, 6.45) is 0.534. The number of hydrogen-bond donors (Lipinski definition) is 3. The zero-order valence-corrected chi connectivity index (χ0v) is 7.08. The molecule has 0 aliphatic heterocycles. The van der Waals surface area contributed by atoms with Crippen LogP contribution >= 0.6 is 12.6 Å². The zero-order chi connectivity index (χ0) is 8.97.